The lowest BCUT2D eigenvalue weighted by Gasteiger charge is -2.29. The van der Waals surface area contributed by atoms with Crippen LogP contribution in [-0.2, 0) is 4.79 Å². The zero-order valence-corrected chi connectivity index (χ0v) is 13.4. The second kappa shape index (κ2) is 6.05. The van der Waals surface area contributed by atoms with E-state index in [1.807, 2.05) is 61.5 Å². The largest absolute Gasteiger partial charge is 0.495 e. The predicted molar refractivity (Wildman–Crippen MR) is 89.5 cm³/mol. The van der Waals surface area contributed by atoms with E-state index in [2.05, 4.69) is 0 Å². The molecule has 1 amide bonds. The van der Waals surface area contributed by atoms with Gasteiger partial charge in [-0.1, -0.05) is 42.5 Å². The lowest BCUT2D eigenvalue weighted by Crippen LogP contribution is -2.37. The molecule has 1 unspecified atom stereocenters. The molecule has 1 heterocycles. The molecule has 1 aliphatic heterocycles. The molecule has 1 fully saturated rings. The van der Waals surface area contributed by atoms with E-state index in [1.165, 1.54) is 0 Å². The number of methoxy groups -OCH3 is 1. The normalized spacial score (nSPS) is 22.2. The number of carbonyl (C=O) groups excluding carboxylic acids is 1. The first kappa shape index (κ1) is 15.6. The molecule has 1 aliphatic rings. The minimum Gasteiger partial charge on any atom is -0.495 e. The summed E-state index contributed by atoms with van der Waals surface area (Å²) in [5, 5.41) is 10.8. The fraction of sp³-hybridized carbons (Fsp3) is 0.316. The van der Waals surface area contributed by atoms with Crippen LogP contribution in [0.5, 0.6) is 5.75 Å². The van der Waals surface area contributed by atoms with E-state index < -0.39 is 11.5 Å². The highest BCUT2D eigenvalue weighted by molar-refractivity contribution is 6.01. The van der Waals surface area contributed by atoms with Crippen molar-refractivity contribution in [3.63, 3.8) is 0 Å². The second-order valence-corrected chi connectivity index (χ2v) is 6.11. The third-order valence-corrected chi connectivity index (χ3v) is 4.68. The van der Waals surface area contributed by atoms with Crippen LogP contribution in [0.25, 0.3) is 0 Å². The summed E-state index contributed by atoms with van der Waals surface area (Å²) in [6, 6.07) is 16.8. The maximum atomic E-state index is 13.0. The first-order valence-electron chi connectivity index (χ1n) is 7.76. The monoisotopic (exact) mass is 311 g/mol. The van der Waals surface area contributed by atoms with Crippen LogP contribution < -0.4 is 9.64 Å². The maximum absolute atomic E-state index is 13.0. The van der Waals surface area contributed by atoms with Crippen LogP contribution in [0.3, 0.4) is 0 Å². The van der Waals surface area contributed by atoms with Gasteiger partial charge in [-0.25, -0.2) is 0 Å². The van der Waals surface area contributed by atoms with E-state index in [4.69, 9.17) is 4.74 Å². The van der Waals surface area contributed by atoms with Crippen LogP contribution in [0.4, 0.5) is 5.69 Å². The summed E-state index contributed by atoms with van der Waals surface area (Å²) in [7, 11) is 1.59. The lowest BCUT2D eigenvalue weighted by atomic mass is 9.79. The molecule has 2 aromatic carbocycles. The zero-order valence-electron chi connectivity index (χ0n) is 13.4. The summed E-state index contributed by atoms with van der Waals surface area (Å²) in [4.78, 5) is 14.7. The Morgan fingerprint density at radius 2 is 1.78 bits per heavy atom. The van der Waals surface area contributed by atoms with Crippen molar-refractivity contribution in [3.05, 3.63) is 60.2 Å². The number of rotatable bonds is 4. The molecule has 23 heavy (non-hydrogen) atoms. The van der Waals surface area contributed by atoms with E-state index in [0.717, 1.165) is 11.3 Å². The molecule has 0 saturated carbocycles. The van der Waals surface area contributed by atoms with Gasteiger partial charge in [0.05, 0.1) is 24.3 Å². The number of ether oxygens (including phenoxy) is 1. The highest BCUT2D eigenvalue weighted by Crippen LogP contribution is 2.45. The predicted octanol–water partition coefficient (Wildman–Crippen LogP) is 3.17. The Hall–Kier alpha value is -2.33. The molecule has 4 heteroatoms. The maximum Gasteiger partial charge on any atom is 0.236 e. The summed E-state index contributed by atoms with van der Waals surface area (Å²) >= 11 is 0. The third kappa shape index (κ3) is 2.59. The highest BCUT2D eigenvalue weighted by Gasteiger charge is 2.49. The number of benzene rings is 2. The minimum absolute atomic E-state index is 0.0710. The van der Waals surface area contributed by atoms with Gasteiger partial charge in [0, 0.05) is 6.54 Å². The first-order chi connectivity index (χ1) is 11.1. The molecule has 0 bridgehead atoms. The van der Waals surface area contributed by atoms with Gasteiger partial charge in [-0.2, -0.15) is 0 Å². The first-order valence-corrected chi connectivity index (χ1v) is 7.76. The van der Waals surface area contributed by atoms with Gasteiger partial charge >= 0.3 is 0 Å². The molecule has 0 aliphatic carbocycles. The van der Waals surface area contributed by atoms with Crippen LogP contribution in [-0.4, -0.2) is 24.7 Å². The highest BCUT2D eigenvalue weighted by atomic mass is 16.5. The van der Waals surface area contributed by atoms with Gasteiger partial charge < -0.3 is 14.7 Å². The molecular weight excluding hydrogens is 290 g/mol. The summed E-state index contributed by atoms with van der Waals surface area (Å²) in [6.07, 6.45) is -0.226. The van der Waals surface area contributed by atoms with Gasteiger partial charge in [-0.3, -0.25) is 4.79 Å². The summed E-state index contributed by atoms with van der Waals surface area (Å²) < 4.78 is 5.36. The average molecular weight is 311 g/mol. The lowest BCUT2D eigenvalue weighted by molar-refractivity contribution is -0.130. The molecule has 1 saturated heterocycles. The van der Waals surface area contributed by atoms with E-state index in [-0.39, 0.29) is 5.91 Å². The Morgan fingerprint density at radius 1 is 1.13 bits per heavy atom. The van der Waals surface area contributed by atoms with Gasteiger partial charge in [-0.15, -0.1) is 0 Å². The van der Waals surface area contributed by atoms with E-state index in [0.29, 0.717) is 18.7 Å². The standard InChI is InChI=1S/C19H21NO3/c1-19(17(21)14-8-4-3-5-9-14)12-13-20(18(19)22)15-10-6-7-11-16(15)23-2/h3-11,17,21H,12-13H2,1-2H3/t17-,19?/m0/s1. The molecule has 2 aromatic rings. The van der Waals surface area contributed by atoms with Crippen molar-refractivity contribution in [1.82, 2.24) is 0 Å². The molecule has 0 aromatic heterocycles. The number of para-hydroxylation sites is 2. The minimum atomic E-state index is -0.831. The smallest absolute Gasteiger partial charge is 0.236 e. The molecule has 2 atom stereocenters. The second-order valence-electron chi connectivity index (χ2n) is 6.11. The molecule has 0 radical (unpaired) electrons. The molecule has 3 rings (SSSR count). The fourth-order valence-corrected chi connectivity index (χ4v) is 3.20. The van der Waals surface area contributed by atoms with Crippen molar-refractivity contribution < 1.29 is 14.6 Å². The number of nitrogens with zero attached hydrogens (tertiary/aromatic N) is 1. The molecule has 0 spiro atoms. The summed E-state index contributed by atoms with van der Waals surface area (Å²) in [5.74, 6) is 0.595. The van der Waals surface area contributed by atoms with Gasteiger partial charge in [0.2, 0.25) is 5.91 Å². The number of carbonyl (C=O) groups is 1. The quantitative estimate of drug-likeness (QED) is 0.943. The Kier molecular flexibility index (Phi) is 4.09. The Balaban J connectivity index is 1.91. The van der Waals surface area contributed by atoms with Crippen molar-refractivity contribution in [2.75, 3.05) is 18.6 Å². The Bertz CT molecular complexity index is 701. The topological polar surface area (TPSA) is 49.8 Å². The van der Waals surface area contributed by atoms with Gasteiger partial charge in [0.25, 0.3) is 0 Å². The average Bonchev–Trinajstić information content (AvgIpc) is 2.91. The van der Waals surface area contributed by atoms with Gasteiger partial charge in [-0.05, 0) is 31.0 Å². The fourth-order valence-electron chi connectivity index (χ4n) is 3.20. The third-order valence-electron chi connectivity index (χ3n) is 4.68. The van der Waals surface area contributed by atoms with E-state index >= 15 is 0 Å². The molecule has 4 nitrogen and oxygen atoms in total. The van der Waals surface area contributed by atoms with Crippen molar-refractivity contribution in [1.29, 1.82) is 0 Å². The molecule has 1 N–H and O–H groups in total. The van der Waals surface area contributed by atoms with Crippen molar-refractivity contribution in [3.8, 4) is 5.75 Å². The van der Waals surface area contributed by atoms with Crippen LogP contribution in [0, 0.1) is 5.41 Å². The number of aliphatic hydroxyl groups is 1. The molecular formula is C19H21NO3. The Morgan fingerprint density at radius 3 is 2.48 bits per heavy atom. The Labute approximate surface area is 136 Å². The number of amides is 1. The summed E-state index contributed by atoms with van der Waals surface area (Å²) in [6.45, 7) is 2.40. The molecule has 120 valence electrons. The van der Waals surface area contributed by atoms with Crippen LogP contribution >= 0.6 is 0 Å². The van der Waals surface area contributed by atoms with Crippen LogP contribution in [0.2, 0.25) is 0 Å². The number of hydrogen-bond donors (Lipinski definition) is 1. The number of anilines is 1. The van der Waals surface area contributed by atoms with E-state index in [1.54, 1.807) is 12.0 Å². The zero-order chi connectivity index (χ0) is 16.4. The van der Waals surface area contributed by atoms with Crippen molar-refractivity contribution >= 4 is 11.6 Å². The SMILES string of the molecule is COc1ccccc1N1CCC(C)([C@@H](O)c2ccccc2)C1=O. The van der Waals surface area contributed by atoms with Gasteiger partial charge in [0.15, 0.2) is 0 Å². The number of aliphatic hydroxyl groups excluding tert-OH is 1. The van der Waals surface area contributed by atoms with Gasteiger partial charge in [0.1, 0.15) is 5.75 Å². The van der Waals surface area contributed by atoms with Crippen molar-refractivity contribution in [2.45, 2.75) is 19.4 Å². The van der Waals surface area contributed by atoms with Crippen molar-refractivity contribution in [2.24, 2.45) is 5.41 Å². The van der Waals surface area contributed by atoms with Crippen LogP contribution in [0.1, 0.15) is 25.0 Å². The number of hydrogen-bond acceptors (Lipinski definition) is 3. The van der Waals surface area contributed by atoms with Crippen LogP contribution in [0.15, 0.2) is 54.6 Å². The van der Waals surface area contributed by atoms with E-state index in [9.17, 15) is 9.90 Å². The summed E-state index contributed by atoms with van der Waals surface area (Å²) in [5.41, 5.74) is 0.691.